The van der Waals surface area contributed by atoms with E-state index in [1.54, 1.807) is 0 Å². The van der Waals surface area contributed by atoms with Crippen molar-refractivity contribution in [2.24, 2.45) is 0 Å². The van der Waals surface area contributed by atoms with Gasteiger partial charge in [0, 0.05) is 12.8 Å². The lowest BCUT2D eigenvalue weighted by Gasteiger charge is -2.18. The van der Waals surface area contributed by atoms with Crippen molar-refractivity contribution in [3.05, 3.63) is 36.5 Å². The van der Waals surface area contributed by atoms with E-state index in [9.17, 15) is 14.2 Å². The van der Waals surface area contributed by atoms with Crippen molar-refractivity contribution < 1.29 is 37.9 Å². The van der Waals surface area contributed by atoms with Crippen molar-refractivity contribution in [1.29, 1.82) is 0 Å². The Kier molecular flexibility index (Phi) is 32.9. The fraction of sp³-hybridized carbons (Fsp3) is 0.789. The van der Waals surface area contributed by atoms with Gasteiger partial charge < -0.3 is 19.3 Å². The predicted molar refractivity (Wildman–Crippen MR) is 193 cm³/mol. The summed E-state index contributed by atoms with van der Waals surface area (Å²) in [5, 5.41) is 0. The molecule has 0 aromatic heterocycles. The third-order valence-electron chi connectivity index (χ3n) is 7.91. The highest BCUT2D eigenvalue weighted by atomic mass is 31.2. The van der Waals surface area contributed by atoms with Crippen molar-refractivity contribution >= 4 is 19.8 Å². The molecule has 0 heterocycles. The number of esters is 2. The fourth-order valence-electron chi connectivity index (χ4n) is 5.09. The molecule has 2 N–H and O–H groups in total. The van der Waals surface area contributed by atoms with Gasteiger partial charge in [0.15, 0.2) is 6.10 Å². The number of carbonyl (C=O) groups excluding carboxylic acids is 2. The Morgan fingerprint density at radius 2 is 0.979 bits per heavy atom. The first-order chi connectivity index (χ1) is 22.8. The van der Waals surface area contributed by atoms with Gasteiger partial charge in [-0.25, -0.2) is 4.57 Å². The minimum atomic E-state index is -4.76. The van der Waals surface area contributed by atoms with Crippen LogP contribution in [0.5, 0.6) is 0 Å². The largest absolute Gasteiger partial charge is 0.469 e. The lowest BCUT2D eigenvalue weighted by molar-refractivity contribution is -0.161. The molecular weight excluding hydrogens is 615 g/mol. The monoisotopic (exact) mass is 684 g/mol. The van der Waals surface area contributed by atoms with Gasteiger partial charge in [-0.05, 0) is 44.9 Å². The first-order valence-electron chi connectivity index (χ1n) is 18.8. The van der Waals surface area contributed by atoms with Crippen LogP contribution < -0.4 is 0 Å². The molecule has 0 unspecified atom stereocenters. The molecule has 0 aliphatic rings. The Morgan fingerprint density at radius 1 is 0.553 bits per heavy atom. The minimum Gasteiger partial charge on any atom is -0.462 e. The van der Waals surface area contributed by atoms with Gasteiger partial charge in [-0.1, -0.05) is 153 Å². The van der Waals surface area contributed by atoms with Crippen LogP contribution >= 0.6 is 7.82 Å². The second-order valence-corrected chi connectivity index (χ2v) is 13.8. The van der Waals surface area contributed by atoms with Crippen molar-refractivity contribution in [3.8, 4) is 0 Å². The van der Waals surface area contributed by atoms with Crippen LogP contribution in [0.15, 0.2) is 36.5 Å². The summed E-state index contributed by atoms with van der Waals surface area (Å²) in [5.41, 5.74) is 0. The van der Waals surface area contributed by atoms with Crippen LogP contribution in [0.2, 0.25) is 0 Å². The number of ether oxygens (including phenoxy) is 2. The van der Waals surface area contributed by atoms with Gasteiger partial charge in [0.25, 0.3) is 0 Å². The number of hydrogen-bond acceptors (Lipinski definition) is 6. The third kappa shape index (κ3) is 36.9. The van der Waals surface area contributed by atoms with Gasteiger partial charge in [0.05, 0.1) is 6.61 Å². The molecule has 0 aromatic rings. The Bertz CT molecular complexity index is 864. The second kappa shape index (κ2) is 34.1. The first-order valence-corrected chi connectivity index (χ1v) is 20.3. The van der Waals surface area contributed by atoms with E-state index < -0.39 is 32.5 Å². The standard InChI is InChI=1S/C38H69O8P/c1-3-5-7-9-11-13-15-17-18-19-20-21-23-24-26-28-30-32-37(39)44-34-36(35-45-47(41,42)43)46-38(40)33-31-29-27-25-22-16-14-12-10-8-6-4-2/h17-18,20-21,24,26,36H,3-16,19,22-23,25,27-35H2,1-2H3,(H2,41,42,43)/b18-17+,21-20+,26-24+/t36-/m1/s1. The molecule has 0 fully saturated rings. The normalized spacial score (nSPS) is 12.9. The summed E-state index contributed by atoms with van der Waals surface area (Å²) in [6.45, 7) is 3.62. The molecule has 0 aliphatic heterocycles. The van der Waals surface area contributed by atoms with Crippen LogP contribution in [0.3, 0.4) is 0 Å². The molecule has 0 radical (unpaired) electrons. The summed E-state index contributed by atoms with van der Waals surface area (Å²) in [6, 6.07) is 0. The molecule has 0 saturated heterocycles. The minimum absolute atomic E-state index is 0.197. The molecule has 0 aromatic carbocycles. The van der Waals surface area contributed by atoms with Gasteiger partial charge in [0.1, 0.15) is 6.61 Å². The number of phosphoric acid groups is 1. The van der Waals surface area contributed by atoms with Gasteiger partial charge in [-0.15, -0.1) is 0 Å². The van der Waals surface area contributed by atoms with Crippen LogP contribution in [-0.2, 0) is 28.2 Å². The zero-order valence-corrected chi connectivity index (χ0v) is 30.8. The lowest BCUT2D eigenvalue weighted by Crippen LogP contribution is -2.29. The number of phosphoric ester groups is 1. The molecule has 0 spiro atoms. The molecule has 9 heteroatoms. The highest BCUT2D eigenvalue weighted by molar-refractivity contribution is 7.46. The van der Waals surface area contributed by atoms with E-state index in [1.807, 2.05) is 6.08 Å². The van der Waals surface area contributed by atoms with Gasteiger partial charge >= 0.3 is 19.8 Å². The van der Waals surface area contributed by atoms with E-state index in [2.05, 4.69) is 48.8 Å². The number of rotatable bonds is 34. The highest BCUT2D eigenvalue weighted by Crippen LogP contribution is 2.36. The number of carbonyl (C=O) groups is 2. The molecule has 274 valence electrons. The van der Waals surface area contributed by atoms with Crippen molar-refractivity contribution in [3.63, 3.8) is 0 Å². The fourth-order valence-corrected chi connectivity index (χ4v) is 5.45. The Hall–Kier alpha value is -1.73. The Balaban J connectivity index is 4.05. The molecule has 0 rings (SSSR count). The number of allylic oxidation sites excluding steroid dienone is 6. The summed E-state index contributed by atoms with van der Waals surface area (Å²) in [7, 11) is -4.76. The van der Waals surface area contributed by atoms with E-state index in [1.165, 1.54) is 89.9 Å². The quantitative estimate of drug-likeness (QED) is 0.0297. The van der Waals surface area contributed by atoms with E-state index >= 15 is 0 Å². The smallest absolute Gasteiger partial charge is 0.462 e. The van der Waals surface area contributed by atoms with E-state index in [4.69, 9.17) is 19.3 Å². The molecule has 8 nitrogen and oxygen atoms in total. The van der Waals surface area contributed by atoms with Crippen LogP contribution in [0.1, 0.15) is 174 Å². The summed E-state index contributed by atoms with van der Waals surface area (Å²) >= 11 is 0. The first kappa shape index (κ1) is 45.3. The van der Waals surface area contributed by atoms with E-state index in [0.717, 1.165) is 44.9 Å². The summed E-state index contributed by atoms with van der Waals surface area (Å²) in [4.78, 5) is 42.6. The molecule has 0 bridgehead atoms. The molecule has 47 heavy (non-hydrogen) atoms. The van der Waals surface area contributed by atoms with E-state index in [-0.39, 0.29) is 19.4 Å². The van der Waals surface area contributed by atoms with Crippen molar-refractivity contribution in [2.45, 2.75) is 180 Å². The SMILES string of the molecule is CCCCCCCC/C=C/C/C=C/C/C=C/CCCC(=O)OC[C@H](COP(=O)(O)O)OC(=O)CCCCCCCCCCCCCC. The van der Waals surface area contributed by atoms with Crippen LogP contribution in [0.4, 0.5) is 0 Å². The molecule has 0 saturated carbocycles. The van der Waals surface area contributed by atoms with Crippen LogP contribution in [0, 0.1) is 0 Å². The maximum absolute atomic E-state index is 12.3. The molecule has 1 atom stereocenters. The number of unbranched alkanes of at least 4 members (excludes halogenated alkanes) is 18. The number of hydrogen-bond donors (Lipinski definition) is 2. The predicted octanol–water partition coefficient (Wildman–Crippen LogP) is 11.0. The van der Waals surface area contributed by atoms with Gasteiger partial charge in [-0.3, -0.25) is 14.1 Å². The molecular formula is C38H69O8P. The van der Waals surface area contributed by atoms with Gasteiger partial charge in [0.2, 0.25) is 0 Å². The average Bonchev–Trinajstić information content (AvgIpc) is 3.04. The maximum Gasteiger partial charge on any atom is 0.469 e. The summed E-state index contributed by atoms with van der Waals surface area (Å²) in [6.07, 6.45) is 38.7. The summed E-state index contributed by atoms with van der Waals surface area (Å²) < 4.78 is 26.2. The zero-order chi connectivity index (χ0) is 34.7. The Morgan fingerprint density at radius 3 is 1.49 bits per heavy atom. The maximum atomic E-state index is 12.3. The van der Waals surface area contributed by atoms with Crippen molar-refractivity contribution in [1.82, 2.24) is 0 Å². The second-order valence-electron chi connectivity index (χ2n) is 12.6. The van der Waals surface area contributed by atoms with Crippen molar-refractivity contribution in [2.75, 3.05) is 13.2 Å². The Labute approximate surface area is 287 Å². The molecule has 0 aliphatic carbocycles. The van der Waals surface area contributed by atoms with Crippen LogP contribution in [0.25, 0.3) is 0 Å². The lowest BCUT2D eigenvalue weighted by atomic mass is 10.0. The molecule has 0 amide bonds. The topological polar surface area (TPSA) is 119 Å². The average molecular weight is 685 g/mol. The van der Waals surface area contributed by atoms with E-state index in [0.29, 0.717) is 12.8 Å². The van der Waals surface area contributed by atoms with Crippen LogP contribution in [-0.4, -0.2) is 41.0 Å². The highest BCUT2D eigenvalue weighted by Gasteiger charge is 2.22. The summed E-state index contributed by atoms with van der Waals surface area (Å²) in [5.74, 6) is -0.944. The van der Waals surface area contributed by atoms with Gasteiger partial charge in [-0.2, -0.15) is 0 Å². The third-order valence-corrected chi connectivity index (χ3v) is 8.40. The zero-order valence-electron chi connectivity index (χ0n) is 29.9.